The third-order valence-electron chi connectivity index (χ3n) is 4.05. The van der Waals surface area contributed by atoms with E-state index in [9.17, 15) is 18.0 Å². The number of benzene rings is 1. The highest BCUT2D eigenvalue weighted by atomic mass is 32.1. The average Bonchev–Trinajstić information content (AvgIpc) is 3.32. The molecule has 3 N–H and O–H groups in total. The molecule has 0 spiro atoms. The summed E-state index contributed by atoms with van der Waals surface area (Å²) in [4.78, 5) is 19.3. The minimum atomic E-state index is -4.62. The summed E-state index contributed by atoms with van der Waals surface area (Å²) in [5.41, 5.74) is 1.54. The number of hydroxylamine groups is 1. The van der Waals surface area contributed by atoms with Crippen LogP contribution in [0.4, 0.5) is 24.0 Å². The summed E-state index contributed by atoms with van der Waals surface area (Å²) in [6, 6.07) is 10.9. The highest BCUT2D eigenvalue weighted by Crippen LogP contribution is 2.38. The molecular formula is C18H12F3N5O2S. The molecule has 0 radical (unpaired) electrons. The van der Waals surface area contributed by atoms with Crippen molar-refractivity contribution in [3.8, 4) is 11.4 Å². The molecular weight excluding hydrogens is 407 g/mol. The number of nitrogens with zero attached hydrogens (tertiary/aromatic N) is 3. The third-order valence-corrected chi connectivity index (χ3v) is 4.80. The molecule has 1 amide bonds. The van der Waals surface area contributed by atoms with Gasteiger partial charge in [-0.1, -0.05) is 6.07 Å². The highest BCUT2D eigenvalue weighted by molar-refractivity contribution is 7.14. The number of aromatic nitrogens is 3. The van der Waals surface area contributed by atoms with Gasteiger partial charge in [0.05, 0.1) is 0 Å². The van der Waals surface area contributed by atoms with Gasteiger partial charge in [0, 0.05) is 22.8 Å². The van der Waals surface area contributed by atoms with Crippen molar-refractivity contribution >= 4 is 33.7 Å². The van der Waals surface area contributed by atoms with Crippen molar-refractivity contribution in [3.63, 3.8) is 0 Å². The van der Waals surface area contributed by atoms with E-state index in [2.05, 4.69) is 15.3 Å². The molecule has 1 aromatic carbocycles. The Morgan fingerprint density at radius 2 is 1.86 bits per heavy atom. The van der Waals surface area contributed by atoms with Gasteiger partial charge in [-0.15, -0.1) is 11.3 Å². The van der Waals surface area contributed by atoms with E-state index in [0.29, 0.717) is 10.8 Å². The molecule has 7 nitrogen and oxygen atoms in total. The van der Waals surface area contributed by atoms with Gasteiger partial charge in [0.2, 0.25) is 0 Å². The zero-order chi connectivity index (χ0) is 20.6. The number of rotatable bonds is 4. The maximum atomic E-state index is 13.5. The van der Waals surface area contributed by atoms with E-state index in [4.69, 9.17) is 5.21 Å². The summed E-state index contributed by atoms with van der Waals surface area (Å²) in [7, 11) is 0. The number of thiazole rings is 1. The number of carbonyl (C=O) groups is 1. The Balaban J connectivity index is 1.67. The molecule has 0 aliphatic rings. The Morgan fingerprint density at radius 1 is 1.10 bits per heavy atom. The lowest BCUT2D eigenvalue weighted by atomic mass is 10.2. The topological polar surface area (TPSA) is 91.5 Å². The lowest BCUT2D eigenvalue weighted by Gasteiger charge is -2.06. The van der Waals surface area contributed by atoms with E-state index in [0.717, 1.165) is 11.3 Å². The first-order chi connectivity index (χ1) is 13.9. The van der Waals surface area contributed by atoms with Crippen molar-refractivity contribution in [2.24, 2.45) is 0 Å². The number of nitrogens with one attached hydrogen (secondary N) is 2. The van der Waals surface area contributed by atoms with Gasteiger partial charge < -0.3 is 5.32 Å². The third kappa shape index (κ3) is 3.65. The number of hydrogen-bond acceptors (Lipinski definition) is 6. The molecule has 0 atom stereocenters. The molecule has 29 heavy (non-hydrogen) atoms. The predicted octanol–water partition coefficient (Wildman–Crippen LogP) is 4.34. The van der Waals surface area contributed by atoms with Crippen molar-refractivity contribution in [3.05, 3.63) is 65.3 Å². The van der Waals surface area contributed by atoms with Crippen LogP contribution in [0.1, 0.15) is 16.1 Å². The lowest BCUT2D eigenvalue weighted by molar-refractivity contribution is -0.140. The van der Waals surface area contributed by atoms with E-state index >= 15 is 0 Å². The van der Waals surface area contributed by atoms with Crippen LogP contribution in [0.25, 0.3) is 17.0 Å². The van der Waals surface area contributed by atoms with Gasteiger partial charge >= 0.3 is 6.18 Å². The van der Waals surface area contributed by atoms with Gasteiger partial charge in [-0.25, -0.2) is 15.4 Å². The van der Waals surface area contributed by atoms with Gasteiger partial charge in [0.15, 0.2) is 10.8 Å². The number of amides is 1. The predicted molar refractivity (Wildman–Crippen MR) is 100 cm³/mol. The normalized spacial score (nSPS) is 11.6. The fourth-order valence-corrected chi connectivity index (χ4v) is 3.49. The highest BCUT2D eigenvalue weighted by Gasteiger charge is 2.38. The van der Waals surface area contributed by atoms with Gasteiger partial charge in [0.25, 0.3) is 5.91 Å². The molecule has 0 fully saturated rings. The Kier molecular flexibility index (Phi) is 4.68. The van der Waals surface area contributed by atoms with Crippen molar-refractivity contribution in [1.82, 2.24) is 19.8 Å². The van der Waals surface area contributed by atoms with Gasteiger partial charge in [-0.2, -0.15) is 13.2 Å². The lowest BCUT2D eigenvalue weighted by Crippen LogP contribution is -2.18. The first-order valence-electron chi connectivity index (χ1n) is 8.18. The summed E-state index contributed by atoms with van der Waals surface area (Å²) in [5.74, 6) is -0.652. The number of pyridine rings is 1. The van der Waals surface area contributed by atoms with E-state index < -0.39 is 17.8 Å². The van der Waals surface area contributed by atoms with E-state index in [1.807, 2.05) is 0 Å². The SMILES string of the molecule is O=C(NO)c1ccc(Nc2nc(-c3c(C(F)(F)F)nc4ccccn34)cs2)cc1. The van der Waals surface area contributed by atoms with Crippen LogP contribution in [0, 0.1) is 0 Å². The average molecular weight is 419 g/mol. The summed E-state index contributed by atoms with van der Waals surface area (Å²) < 4.78 is 41.8. The molecule has 0 saturated carbocycles. The molecule has 11 heteroatoms. The zero-order valence-corrected chi connectivity index (χ0v) is 15.3. The first kappa shape index (κ1) is 18.9. The second-order valence-corrected chi connectivity index (χ2v) is 6.77. The number of anilines is 2. The van der Waals surface area contributed by atoms with E-state index in [-0.39, 0.29) is 22.6 Å². The summed E-state index contributed by atoms with van der Waals surface area (Å²) in [6.07, 6.45) is -3.12. The summed E-state index contributed by atoms with van der Waals surface area (Å²) in [6.45, 7) is 0. The summed E-state index contributed by atoms with van der Waals surface area (Å²) >= 11 is 1.14. The van der Waals surface area contributed by atoms with Crippen LogP contribution >= 0.6 is 11.3 Å². The Bertz CT molecular complexity index is 1180. The van der Waals surface area contributed by atoms with Crippen LogP contribution in [0.3, 0.4) is 0 Å². The van der Waals surface area contributed by atoms with E-state index in [1.165, 1.54) is 39.7 Å². The quantitative estimate of drug-likeness (QED) is 0.338. The molecule has 148 valence electrons. The number of halogens is 3. The number of alkyl halides is 3. The van der Waals surface area contributed by atoms with E-state index in [1.54, 1.807) is 24.3 Å². The second-order valence-electron chi connectivity index (χ2n) is 5.92. The van der Waals surface area contributed by atoms with Crippen LogP contribution < -0.4 is 10.8 Å². The monoisotopic (exact) mass is 419 g/mol. The first-order valence-corrected chi connectivity index (χ1v) is 9.06. The minimum absolute atomic E-state index is 0.132. The largest absolute Gasteiger partial charge is 0.435 e. The van der Waals surface area contributed by atoms with Crippen LogP contribution in [-0.4, -0.2) is 25.5 Å². The summed E-state index contributed by atoms with van der Waals surface area (Å²) in [5, 5.41) is 13.5. The van der Waals surface area contributed by atoms with Crippen molar-refractivity contribution in [1.29, 1.82) is 0 Å². The van der Waals surface area contributed by atoms with Crippen molar-refractivity contribution in [2.75, 3.05) is 5.32 Å². The Hall–Kier alpha value is -3.44. The zero-order valence-electron chi connectivity index (χ0n) is 14.4. The van der Waals surface area contributed by atoms with Gasteiger partial charge in [0.1, 0.15) is 17.0 Å². The van der Waals surface area contributed by atoms with Crippen LogP contribution in [0.2, 0.25) is 0 Å². The molecule has 3 aromatic heterocycles. The van der Waals surface area contributed by atoms with Gasteiger partial charge in [-0.3, -0.25) is 14.4 Å². The van der Waals surface area contributed by atoms with Crippen molar-refractivity contribution < 1.29 is 23.2 Å². The minimum Gasteiger partial charge on any atom is -0.332 e. The molecule has 0 saturated heterocycles. The van der Waals surface area contributed by atoms with Crippen LogP contribution in [0.5, 0.6) is 0 Å². The molecule has 0 bridgehead atoms. The molecule has 4 rings (SSSR count). The smallest absolute Gasteiger partial charge is 0.332 e. The maximum absolute atomic E-state index is 13.5. The molecule has 3 heterocycles. The number of fused-ring (bicyclic) bond motifs is 1. The number of carbonyl (C=O) groups excluding carboxylic acids is 1. The van der Waals surface area contributed by atoms with Crippen LogP contribution in [-0.2, 0) is 6.18 Å². The number of imidazole rings is 1. The van der Waals surface area contributed by atoms with Gasteiger partial charge in [-0.05, 0) is 36.4 Å². The number of hydrogen-bond donors (Lipinski definition) is 3. The second kappa shape index (κ2) is 7.18. The Morgan fingerprint density at radius 3 is 2.55 bits per heavy atom. The maximum Gasteiger partial charge on any atom is 0.435 e. The molecule has 4 aromatic rings. The van der Waals surface area contributed by atoms with Crippen LogP contribution in [0.15, 0.2) is 54.0 Å². The molecule has 0 aliphatic carbocycles. The standard InChI is InChI=1S/C18H12F3N5O2S/c19-18(20,21)15-14(26-8-2-1-3-13(26)24-15)12-9-29-17(23-12)22-11-6-4-10(5-7-11)16(27)25-28/h1-9,28H,(H,22,23)(H,25,27). The van der Waals surface area contributed by atoms with Crippen molar-refractivity contribution in [2.45, 2.75) is 6.18 Å². The Labute approximate surface area is 165 Å². The fourth-order valence-electron chi connectivity index (χ4n) is 2.77. The molecule has 0 unspecified atom stereocenters. The molecule has 0 aliphatic heterocycles. The fraction of sp³-hybridized carbons (Fsp3) is 0.0556.